The Labute approximate surface area is 112 Å². The smallest absolute Gasteiger partial charge is 0.127 e. The van der Waals surface area contributed by atoms with Crippen LogP contribution in [0.3, 0.4) is 0 Å². The third-order valence-corrected chi connectivity index (χ3v) is 3.47. The Morgan fingerprint density at radius 2 is 2.12 bits per heavy atom. The van der Waals surface area contributed by atoms with Crippen LogP contribution in [0.5, 0.6) is 5.75 Å². The van der Waals surface area contributed by atoms with Gasteiger partial charge in [0.2, 0.25) is 0 Å². The summed E-state index contributed by atoms with van der Waals surface area (Å²) < 4.78 is 6.82. The van der Waals surface area contributed by atoms with Crippen LogP contribution in [0.15, 0.2) is 16.6 Å². The minimum Gasteiger partial charge on any atom is -0.493 e. The summed E-state index contributed by atoms with van der Waals surface area (Å²) in [4.78, 5) is 0. The Morgan fingerprint density at radius 1 is 1.41 bits per heavy atom. The van der Waals surface area contributed by atoms with Gasteiger partial charge in [0.05, 0.1) is 6.61 Å². The molecule has 2 N–H and O–H groups in total. The van der Waals surface area contributed by atoms with Gasteiger partial charge in [0.1, 0.15) is 5.75 Å². The molecule has 3 heteroatoms. The molecule has 1 atom stereocenters. The van der Waals surface area contributed by atoms with Crippen molar-refractivity contribution >= 4 is 15.9 Å². The zero-order valence-corrected chi connectivity index (χ0v) is 12.3. The average molecular weight is 298 g/mol. The molecule has 0 aromatic heterocycles. The second kappa shape index (κ2) is 4.62. The van der Waals surface area contributed by atoms with E-state index in [0.717, 1.165) is 35.2 Å². The molecule has 0 aliphatic carbocycles. The van der Waals surface area contributed by atoms with Gasteiger partial charge in [-0.1, -0.05) is 36.7 Å². The summed E-state index contributed by atoms with van der Waals surface area (Å²) in [5.41, 5.74) is 8.97. The van der Waals surface area contributed by atoms with Crippen molar-refractivity contribution in [2.45, 2.75) is 39.7 Å². The molecule has 17 heavy (non-hydrogen) atoms. The Balaban J connectivity index is 2.32. The Hall–Kier alpha value is -0.540. The molecule has 1 heterocycles. The van der Waals surface area contributed by atoms with E-state index in [-0.39, 0.29) is 11.5 Å². The minimum atomic E-state index is 0.0411. The summed E-state index contributed by atoms with van der Waals surface area (Å²) in [6.45, 7) is 7.42. The number of ether oxygens (including phenoxy) is 1. The molecular weight excluding hydrogens is 278 g/mol. The van der Waals surface area contributed by atoms with Gasteiger partial charge in [-0.25, -0.2) is 0 Å². The van der Waals surface area contributed by atoms with Crippen LogP contribution < -0.4 is 10.5 Å². The highest BCUT2D eigenvalue weighted by atomic mass is 79.9. The number of fused-ring (bicyclic) bond motifs is 1. The van der Waals surface area contributed by atoms with E-state index < -0.39 is 0 Å². The standard InChI is InChI=1S/C14H20BrNO/c1-14(2,3)8-12(16)11-7-10(15)6-9-4-5-17-13(9)11/h6-7,12H,4-5,8,16H2,1-3H3. The predicted octanol–water partition coefficient (Wildman–Crippen LogP) is 3.82. The topological polar surface area (TPSA) is 35.2 Å². The third-order valence-electron chi connectivity index (χ3n) is 3.01. The van der Waals surface area contributed by atoms with Crippen LogP contribution in [-0.4, -0.2) is 6.61 Å². The summed E-state index contributed by atoms with van der Waals surface area (Å²) in [6, 6.07) is 4.27. The van der Waals surface area contributed by atoms with E-state index in [9.17, 15) is 0 Å². The van der Waals surface area contributed by atoms with Gasteiger partial charge >= 0.3 is 0 Å². The monoisotopic (exact) mass is 297 g/mol. The predicted molar refractivity (Wildman–Crippen MR) is 74.3 cm³/mol. The van der Waals surface area contributed by atoms with E-state index in [2.05, 4.69) is 48.8 Å². The number of hydrogen-bond donors (Lipinski definition) is 1. The molecule has 0 spiro atoms. The molecule has 1 unspecified atom stereocenters. The Bertz CT molecular complexity index is 423. The third kappa shape index (κ3) is 3.02. The van der Waals surface area contributed by atoms with E-state index in [4.69, 9.17) is 10.5 Å². The molecule has 0 radical (unpaired) electrons. The lowest BCUT2D eigenvalue weighted by Crippen LogP contribution is -2.19. The van der Waals surface area contributed by atoms with Crippen molar-refractivity contribution in [3.63, 3.8) is 0 Å². The van der Waals surface area contributed by atoms with E-state index in [0.29, 0.717) is 0 Å². The van der Waals surface area contributed by atoms with Crippen LogP contribution in [-0.2, 0) is 6.42 Å². The zero-order chi connectivity index (χ0) is 12.6. The van der Waals surface area contributed by atoms with Crippen LogP contribution >= 0.6 is 15.9 Å². The number of rotatable bonds is 2. The first-order valence-electron chi connectivity index (χ1n) is 6.07. The second-order valence-corrected chi connectivity index (χ2v) is 6.87. The van der Waals surface area contributed by atoms with Gasteiger partial charge in [0.15, 0.2) is 0 Å². The molecule has 0 saturated carbocycles. The van der Waals surface area contributed by atoms with Gasteiger partial charge in [0.25, 0.3) is 0 Å². The van der Waals surface area contributed by atoms with Crippen LogP contribution in [0, 0.1) is 5.41 Å². The van der Waals surface area contributed by atoms with Crippen molar-refractivity contribution in [2.24, 2.45) is 11.1 Å². The summed E-state index contributed by atoms with van der Waals surface area (Å²) in [7, 11) is 0. The van der Waals surface area contributed by atoms with Crippen molar-refractivity contribution in [3.8, 4) is 5.75 Å². The van der Waals surface area contributed by atoms with Gasteiger partial charge in [-0.2, -0.15) is 0 Å². The number of nitrogens with two attached hydrogens (primary N) is 1. The van der Waals surface area contributed by atoms with Crippen LogP contribution in [0.25, 0.3) is 0 Å². The van der Waals surface area contributed by atoms with Gasteiger partial charge in [-0.3, -0.25) is 0 Å². The minimum absolute atomic E-state index is 0.0411. The zero-order valence-electron chi connectivity index (χ0n) is 10.7. The molecule has 0 amide bonds. The molecule has 0 bridgehead atoms. The van der Waals surface area contributed by atoms with E-state index in [1.807, 2.05) is 0 Å². The lowest BCUT2D eigenvalue weighted by molar-refractivity contribution is 0.325. The van der Waals surface area contributed by atoms with Crippen molar-refractivity contribution in [2.75, 3.05) is 6.61 Å². The SMILES string of the molecule is CC(C)(C)CC(N)c1cc(Br)cc2c1OCC2. The van der Waals surface area contributed by atoms with Crippen molar-refractivity contribution in [3.05, 3.63) is 27.7 Å². The first kappa shape index (κ1) is 12.9. The van der Waals surface area contributed by atoms with Crippen molar-refractivity contribution in [1.82, 2.24) is 0 Å². The molecular formula is C14H20BrNO. The van der Waals surface area contributed by atoms with E-state index >= 15 is 0 Å². The lowest BCUT2D eigenvalue weighted by Gasteiger charge is -2.24. The first-order chi connectivity index (χ1) is 7.87. The van der Waals surface area contributed by atoms with Crippen LogP contribution in [0.2, 0.25) is 0 Å². The Morgan fingerprint density at radius 3 is 2.76 bits per heavy atom. The van der Waals surface area contributed by atoms with Crippen molar-refractivity contribution < 1.29 is 4.74 Å². The summed E-state index contributed by atoms with van der Waals surface area (Å²) in [6.07, 6.45) is 1.95. The molecule has 2 rings (SSSR count). The second-order valence-electron chi connectivity index (χ2n) is 5.95. The fraction of sp³-hybridized carbons (Fsp3) is 0.571. The number of halogens is 1. The highest BCUT2D eigenvalue weighted by molar-refractivity contribution is 9.10. The lowest BCUT2D eigenvalue weighted by atomic mass is 9.85. The fourth-order valence-corrected chi connectivity index (χ4v) is 2.87. The number of benzene rings is 1. The molecule has 1 aromatic rings. The quantitative estimate of drug-likeness (QED) is 0.901. The van der Waals surface area contributed by atoms with Crippen LogP contribution in [0.1, 0.15) is 44.4 Å². The van der Waals surface area contributed by atoms with Gasteiger partial charge in [-0.05, 0) is 29.5 Å². The fourth-order valence-electron chi connectivity index (χ4n) is 2.34. The first-order valence-corrected chi connectivity index (χ1v) is 6.87. The maximum absolute atomic E-state index is 6.32. The molecule has 2 nitrogen and oxygen atoms in total. The average Bonchev–Trinajstić information content (AvgIpc) is 2.60. The summed E-state index contributed by atoms with van der Waals surface area (Å²) in [5, 5.41) is 0. The molecule has 1 aromatic carbocycles. The maximum atomic E-state index is 6.32. The highest BCUT2D eigenvalue weighted by Gasteiger charge is 2.24. The van der Waals surface area contributed by atoms with E-state index in [1.54, 1.807) is 0 Å². The largest absolute Gasteiger partial charge is 0.493 e. The summed E-state index contributed by atoms with van der Waals surface area (Å²) >= 11 is 3.55. The van der Waals surface area contributed by atoms with Gasteiger partial charge in [-0.15, -0.1) is 0 Å². The molecule has 1 aliphatic rings. The van der Waals surface area contributed by atoms with Gasteiger partial charge in [0, 0.05) is 22.5 Å². The van der Waals surface area contributed by atoms with E-state index in [1.165, 1.54) is 5.56 Å². The van der Waals surface area contributed by atoms with Crippen molar-refractivity contribution in [1.29, 1.82) is 0 Å². The maximum Gasteiger partial charge on any atom is 0.127 e. The highest BCUT2D eigenvalue weighted by Crippen LogP contribution is 2.39. The molecule has 1 aliphatic heterocycles. The molecule has 94 valence electrons. The molecule has 0 fully saturated rings. The van der Waals surface area contributed by atoms with Crippen LogP contribution in [0.4, 0.5) is 0 Å². The molecule has 0 saturated heterocycles. The normalized spacial score (nSPS) is 16.5. The van der Waals surface area contributed by atoms with Gasteiger partial charge < -0.3 is 10.5 Å². The number of hydrogen-bond acceptors (Lipinski definition) is 2. The summed E-state index contributed by atoms with van der Waals surface area (Å²) in [5.74, 6) is 1.02. The Kier molecular flexibility index (Phi) is 3.50.